The number of benzene rings is 4. The van der Waals surface area contributed by atoms with E-state index in [1.165, 1.54) is 32.5 Å². The molecule has 1 atom stereocenters. The monoisotopic (exact) mass is 388 g/mol. The van der Waals surface area contributed by atoms with Gasteiger partial charge in [0.05, 0.1) is 0 Å². The molecule has 0 amide bonds. The Kier molecular flexibility index (Phi) is 3.95. The summed E-state index contributed by atoms with van der Waals surface area (Å²) in [5.74, 6) is 3.08. The highest BCUT2D eigenvalue weighted by atomic mass is 16.5. The molecule has 2 heterocycles. The summed E-state index contributed by atoms with van der Waals surface area (Å²) in [6, 6.07) is 25.8. The zero-order valence-corrected chi connectivity index (χ0v) is 16.8. The van der Waals surface area contributed by atoms with Crippen molar-refractivity contribution < 1.29 is 9.47 Å². The summed E-state index contributed by atoms with van der Waals surface area (Å²) in [4.78, 5) is 0. The van der Waals surface area contributed by atoms with E-state index in [1.807, 2.05) is 12.2 Å². The van der Waals surface area contributed by atoms with E-state index >= 15 is 0 Å². The molecule has 0 saturated carbocycles. The second kappa shape index (κ2) is 6.81. The Morgan fingerprint density at radius 3 is 2.13 bits per heavy atom. The van der Waals surface area contributed by atoms with Crippen LogP contribution in [0.5, 0.6) is 11.5 Å². The highest BCUT2D eigenvalue weighted by Gasteiger charge is 2.40. The van der Waals surface area contributed by atoms with Crippen molar-refractivity contribution in [2.24, 2.45) is 0 Å². The third-order valence-corrected chi connectivity index (χ3v) is 6.39. The zero-order chi connectivity index (χ0) is 20.1. The average Bonchev–Trinajstić information content (AvgIpc) is 2.78. The molecule has 0 saturated heterocycles. The van der Waals surface area contributed by atoms with Crippen LogP contribution in [0.3, 0.4) is 0 Å². The van der Waals surface area contributed by atoms with Crippen LogP contribution < -0.4 is 20.4 Å². The second-order valence-corrected chi connectivity index (χ2v) is 8.07. The summed E-state index contributed by atoms with van der Waals surface area (Å²) in [5.41, 5.74) is 2.51. The predicted molar refractivity (Wildman–Crippen MR) is 126 cm³/mol. The van der Waals surface area contributed by atoms with Gasteiger partial charge in [0.1, 0.15) is 23.9 Å². The molecule has 2 bridgehead atoms. The molecule has 2 aliphatic heterocycles. The van der Waals surface area contributed by atoms with Crippen LogP contribution >= 0.6 is 0 Å². The van der Waals surface area contributed by atoms with Crippen molar-refractivity contribution in [2.75, 3.05) is 6.61 Å². The lowest BCUT2D eigenvalue weighted by Crippen LogP contribution is -2.51. The predicted octanol–water partition coefficient (Wildman–Crippen LogP) is 5.22. The summed E-state index contributed by atoms with van der Waals surface area (Å²) in [5, 5.41) is 4.96. The molecule has 4 aromatic carbocycles. The fraction of sp³-hybridized carbons (Fsp3) is 0.111. The van der Waals surface area contributed by atoms with E-state index in [0.29, 0.717) is 6.61 Å². The number of allylic oxidation sites excluding steroid dienone is 3. The molecule has 2 aliphatic rings. The SMILES string of the molecule is CC1B2c3c(ccc4ccccc34)OC/C=C\C=C/1Oc1ccc3ccccc3c12. The van der Waals surface area contributed by atoms with Gasteiger partial charge in [-0.3, -0.25) is 0 Å². The van der Waals surface area contributed by atoms with E-state index in [4.69, 9.17) is 9.47 Å². The number of rotatable bonds is 0. The van der Waals surface area contributed by atoms with E-state index in [2.05, 4.69) is 85.8 Å². The van der Waals surface area contributed by atoms with Gasteiger partial charge >= 0.3 is 0 Å². The van der Waals surface area contributed by atoms with Gasteiger partial charge in [-0.05, 0) is 56.8 Å². The zero-order valence-electron chi connectivity index (χ0n) is 16.8. The molecule has 0 aliphatic carbocycles. The molecule has 0 aromatic heterocycles. The third kappa shape index (κ3) is 2.59. The fourth-order valence-corrected chi connectivity index (χ4v) is 4.98. The Bertz CT molecular complexity index is 1350. The van der Waals surface area contributed by atoms with E-state index in [-0.39, 0.29) is 12.5 Å². The van der Waals surface area contributed by atoms with E-state index in [9.17, 15) is 0 Å². The van der Waals surface area contributed by atoms with Crippen molar-refractivity contribution in [3.05, 3.63) is 96.8 Å². The minimum Gasteiger partial charge on any atom is -0.490 e. The Hall–Kier alpha value is -3.46. The lowest BCUT2D eigenvalue weighted by Gasteiger charge is -2.34. The van der Waals surface area contributed by atoms with Crippen LogP contribution in [-0.2, 0) is 0 Å². The third-order valence-electron chi connectivity index (χ3n) is 6.39. The van der Waals surface area contributed by atoms with Crippen molar-refractivity contribution in [2.45, 2.75) is 12.7 Å². The molecule has 0 spiro atoms. The number of ether oxygens (including phenoxy) is 2. The average molecular weight is 388 g/mol. The maximum absolute atomic E-state index is 6.45. The van der Waals surface area contributed by atoms with Crippen LogP contribution in [0.15, 0.2) is 96.8 Å². The normalized spacial score (nSPS) is 20.4. The first-order valence-electron chi connectivity index (χ1n) is 10.5. The highest BCUT2D eigenvalue weighted by molar-refractivity contribution is 6.91. The molecule has 0 N–H and O–H groups in total. The van der Waals surface area contributed by atoms with Gasteiger partial charge in [-0.2, -0.15) is 0 Å². The van der Waals surface area contributed by atoms with Crippen molar-refractivity contribution in [1.29, 1.82) is 0 Å². The van der Waals surface area contributed by atoms with Crippen molar-refractivity contribution in [1.82, 2.24) is 0 Å². The van der Waals surface area contributed by atoms with Crippen LogP contribution in [0.4, 0.5) is 0 Å². The summed E-state index contributed by atoms with van der Waals surface area (Å²) in [6.45, 7) is 2.94. The molecule has 4 aromatic rings. The van der Waals surface area contributed by atoms with Crippen molar-refractivity contribution in [3.63, 3.8) is 0 Å². The molecule has 2 nitrogen and oxygen atoms in total. The van der Waals surface area contributed by atoms with E-state index in [0.717, 1.165) is 17.3 Å². The number of hydrogen-bond donors (Lipinski definition) is 0. The molecule has 3 heteroatoms. The molecule has 0 fully saturated rings. The summed E-state index contributed by atoms with van der Waals surface area (Å²) >= 11 is 0. The summed E-state index contributed by atoms with van der Waals surface area (Å²) < 4.78 is 12.7. The van der Waals surface area contributed by atoms with Gasteiger partial charge in [0.2, 0.25) is 6.71 Å². The molecule has 6 rings (SSSR count). The van der Waals surface area contributed by atoms with Gasteiger partial charge in [-0.1, -0.05) is 73.7 Å². The summed E-state index contributed by atoms with van der Waals surface area (Å²) in [6.07, 6.45) is 6.18. The van der Waals surface area contributed by atoms with E-state index in [1.54, 1.807) is 0 Å². The van der Waals surface area contributed by atoms with Crippen LogP contribution in [-0.4, -0.2) is 13.3 Å². The van der Waals surface area contributed by atoms with Crippen molar-refractivity contribution >= 4 is 39.2 Å². The minimum atomic E-state index is 0.138. The van der Waals surface area contributed by atoms with Crippen LogP contribution in [0.25, 0.3) is 21.5 Å². The Labute approximate surface area is 176 Å². The first kappa shape index (κ1) is 17.4. The summed E-state index contributed by atoms with van der Waals surface area (Å²) in [7, 11) is 0. The smallest absolute Gasteiger partial charge is 0.231 e. The number of hydrogen-bond acceptors (Lipinski definition) is 2. The second-order valence-electron chi connectivity index (χ2n) is 8.07. The molecule has 1 unspecified atom stereocenters. The van der Waals surface area contributed by atoms with Gasteiger partial charge in [0.25, 0.3) is 0 Å². The lowest BCUT2D eigenvalue weighted by molar-refractivity contribution is 0.365. The standard InChI is InChI=1S/C27H21BO2/c1-18-23-12-6-7-17-29-24-15-13-19-8-2-4-10-21(19)26(24)28(18)27-22-11-5-3-9-20(22)14-16-25(27)30-23/h2-16,18H,17H2,1H3/b7-6-,23-12+. The van der Waals surface area contributed by atoms with Crippen LogP contribution in [0, 0.1) is 0 Å². The Morgan fingerprint density at radius 1 is 0.767 bits per heavy atom. The first-order valence-corrected chi connectivity index (χ1v) is 10.5. The topological polar surface area (TPSA) is 18.5 Å². The van der Waals surface area contributed by atoms with Gasteiger partial charge in [0.15, 0.2) is 0 Å². The Balaban J connectivity index is 1.76. The molecule has 30 heavy (non-hydrogen) atoms. The first-order chi connectivity index (χ1) is 14.8. The van der Waals surface area contributed by atoms with Gasteiger partial charge in [-0.15, -0.1) is 0 Å². The molecule has 0 radical (unpaired) electrons. The molecule has 144 valence electrons. The Morgan fingerprint density at radius 2 is 1.40 bits per heavy atom. The quantitative estimate of drug-likeness (QED) is 0.385. The van der Waals surface area contributed by atoms with Gasteiger partial charge in [0, 0.05) is 5.82 Å². The van der Waals surface area contributed by atoms with Crippen LogP contribution in [0.1, 0.15) is 6.92 Å². The van der Waals surface area contributed by atoms with E-state index < -0.39 is 0 Å². The van der Waals surface area contributed by atoms with Gasteiger partial charge < -0.3 is 9.47 Å². The van der Waals surface area contributed by atoms with Crippen molar-refractivity contribution in [3.8, 4) is 11.5 Å². The maximum atomic E-state index is 6.45. The largest absolute Gasteiger partial charge is 0.490 e. The molecular weight excluding hydrogens is 367 g/mol. The maximum Gasteiger partial charge on any atom is 0.231 e. The lowest BCUT2D eigenvalue weighted by atomic mass is 9.31. The van der Waals surface area contributed by atoms with Crippen LogP contribution in [0.2, 0.25) is 5.82 Å². The molecular formula is C27H21BO2. The highest BCUT2D eigenvalue weighted by Crippen LogP contribution is 2.36. The minimum absolute atomic E-state index is 0.138. The number of fused-ring (bicyclic) bond motifs is 10. The van der Waals surface area contributed by atoms with Gasteiger partial charge in [-0.25, -0.2) is 0 Å². The fourth-order valence-electron chi connectivity index (χ4n) is 4.98.